The fraction of sp³-hybridized carbons (Fsp3) is 0.593. The van der Waals surface area contributed by atoms with Crippen molar-refractivity contribution in [1.82, 2.24) is 40.3 Å². The van der Waals surface area contributed by atoms with Gasteiger partial charge in [-0.2, -0.15) is 0 Å². The zero-order valence-corrected chi connectivity index (χ0v) is 68.5. The highest BCUT2D eigenvalue weighted by Crippen LogP contribution is 2.34. The van der Waals surface area contributed by atoms with Gasteiger partial charge in [0.1, 0.15) is 48.1 Å². The van der Waals surface area contributed by atoms with E-state index in [-0.39, 0.29) is 98.5 Å². The summed E-state index contributed by atoms with van der Waals surface area (Å²) in [6.45, 7) is 11.8. The van der Waals surface area contributed by atoms with Crippen LogP contribution in [0.5, 0.6) is 5.75 Å². The largest absolute Gasteiger partial charge is 0.479 e. The number of amides is 7. The highest BCUT2D eigenvalue weighted by Gasteiger charge is 2.48. The molecule has 0 spiro atoms. The number of anilines is 2. The van der Waals surface area contributed by atoms with Gasteiger partial charge in [0.25, 0.3) is 11.8 Å². The molecule has 0 radical (unpaired) electrons. The molecule has 120 heavy (non-hydrogen) atoms. The molecular formula is C81H116N10O29. The number of rotatable bonds is 64. The van der Waals surface area contributed by atoms with Crippen LogP contribution in [-0.4, -0.2) is 333 Å². The average Bonchev–Trinajstić information content (AvgIpc) is 1.58. The van der Waals surface area contributed by atoms with E-state index in [0.717, 1.165) is 47.6 Å². The van der Waals surface area contributed by atoms with Crippen LogP contribution in [0.1, 0.15) is 91.2 Å². The number of aromatic nitrogens is 3. The molecule has 664 valence electrons. The second-order valence-electron chi connectivity index (χ2n) is 27.8. The Morgan fingerprint density at radius 2 is 1.12 bits per heavy atom. The van der Waals surface area contributed by atoms with Crippen LogP contribution in [0.15, 0.2) is 72.8 Å². The van der Waals surface area contributed by atoms with Gasteiger partial charge < -0.3 is 127 Å². The minimum atomic E-state index is -2.07. The summed E-state index contributed by atoms with van der Waals surface area (Å²) in [5, 5.41) is 65.7. The number of hydrogen-bond donors (Lipinski definition) is 10. The number of aliphatic hydroxyl groups excluding tert-OH is 3. The molecule has 7 rings (SSSR count). The van der Waals surface area contributed by atoms with Crippen molar-refractivity contribution in [3.05, 3.63) is 101 Å². The predicted octanol–water partition coefficient (Wildman–Crippen LogP) is 2.51. The Kier molecular flexibility index (Phi) is 45.2. The quantitative estimate of drug-likeness (QED) is 0.0197. The van der Waals surface area contributed by atoms with E-state index >= 15 is 0 Å². The molecular weight excluding hydrogens is 1580 g/mol. The molecule has 39 nitrogen and oxygen atoms in total. The van der Waals surface area contributed by atoms with Crippen molar-refractivity contribution in [3.8, 4) is 5.75 Å². The predicted molar refractivity (Wildman–Crippen MR) is 430 cm³/mol. The lowest BCUT2D eigenvalue weighted by Crippen LogP contribution is -2.61. The fourth-order valence-electron chi connectivity index (χ4n) is 12.0. The molecule has 4 heterocycles. The Bertz CT molecular complexity index is 4000. The van der Waals surface area contributed by atoms with Crippen molar-refractivity contribution in [2.75, 3.05) is 203 Å². The number of carbonyl (C=O) groups is 9. The second kappa shape index (κ2) is 55.5. The molecule has 5 aromatic rings. The van der Waals surface area contributed by atoms with Crippen molar-refractivity contribution in [2.45, 2.75) is 121 Å². The molecule has 1 saturated heterocycles. The van der Waals surface area contributed by atoms with Crippen LogP contribution >= 0.6 is 0 Å². The number of imidazole rings is 1. The van der Waals surface area contributed by atoms with E-state index in [1.807, 2.05) is 49.9 Å². The number of imide groups is 1. The third kappa shape index (κ3) is 35.4. The molecule has 0 unspecified atom stereocenters. The number of nitrogens with one attached hydrogen (secondary N) is 5. The van der Waals surface area contributed by atoms with Crippen LogP contribution in [0.4, 0.5) is 16.3 Å². The number of aliphatic carboxylic acids is 1. The van der Waals surface area contributed by atoms with Gasteiger partial charge >= 0.3 is 18.0 Å². The van der Waals surface area contributed by atoms with Gasteiger partial charge in [0.05, 0.1) is 174 Å². The number of aliphatic hydroxyl groups is 3. The average molecular weight is 1690 g/mol. The zero-order valence-electron chi connectivity index (χ0n) is 68.5. The van der Waals surface area contributed by atoms with Gasteiger partial charge in [0, 0.05) is 83.1 Å². The van der Waals surface area contributed by atoms with E-state index in [0.29, 0.717) is 180 Å². The van der Waals surface area contributed by atoms with E-state index in [1.54, 1.807) is 13.2 Å². The molecule has 0 bridgehead atoms. The summed E-state index contributed by atoms with van der Waals surface area (Å²) in [4.78, 5) is 129. The van der Waals surface area contributed by atoms with E-state index < -0.39 is 97.3 Å². The number of nitrogens with zero attached hydrogens (tertiary/aromatic N) is 5. The molecule has 2 aliphatic heterocycles. The van der Waals surface area contributed by atoms with Crippen LogP contribution in [-0.2, 0) is 126 Å². The minimum Gasteiger partial charge on any atom is -0.479 e. The lowest BCUT2D eigenvalue weighted by Gasteiger charge is -2.38. The minimum absolute atomic E-state index is 0.0350. The van der Waals surface area contributed by atoms with Gasteiger partial charge in [-0.15, -0.1) is 0 Å². The molecule has 39 heteroatoms. The Morgan fingerprint density at radius 1 is 0.567 bits per heavy atom. The Labute approximate surface area is 695 Å². The number of carboxylic acid groups (broad SMARTS) is 2. The molecule has 2 aromatic heterocycles. The third-order valence-electron chi connectivity index (χ3n) is 18.2. The maximum Gasteiger partial charge on any atom is 0.413 e. The molecule has 6 atom stereocenters. The van der Waals surface area contributed by atoms with Gasteiger partial charge in [-0.25, -0.2) is 24.4 Å². The molecule has 0 saturated carbocycles. The summed E-state index contributed by atoms with van der Waals surface area (Å²) < 4.78 is 84.3. The van der Waals surface area contributed by atoms with Crippen LogP contribution in [0.3, 0.4) is 0 Å². The van der Waals surface area contributed by atoms with Crippen molar-refractivity contribution in [3.63, 3.8) is 0 Å². The van der Waals surface area contributed by atoms with Gasteiger partial charge in [-0.1, -0.05) is 43.7 Å². The zero-order chi connectivity index (χ0) is 86.2. The van der Waals surface area contributed by atoms with Gasteiger partial charge in [-0.3, -0.25) is 39.0 Å². The number of pyridine rings is 1. The second-order valence-corrected chi connectivity index (χ2v) is 27.8. The Hall–Kier alpha value is -9.37. The van der Waals surface area contributed by atoms with Gasteiger partial charge in [-0.05, 0) is 86.8 Å². The SMILES string of the molecule is CCCCc1nc2c(NC(=O)OCc3ccc(O[C@@H]4O[C@H](C(=O)O)[C@@H](O)[C@H](O)[C@H]4O)c(NC(=O)CCNC(=O)[C@H](CCCCNC(=O)CCOCCOCCOCCOCCOCCOCCOCCOCCOCCOCCOCCOC)NC(=O)CCN4C(=O)C=CC4=O)c3)nc3cc(C(=O)O)ccc3c2n1Cc1ccc(CN(C)C)cc1. The monoisotopic (exact) mass is 1690 g/mol. The lowest BCUT2D eigenvalue weighted by atomic mass is 9.99. The number of aryl methyl sites for hydroxylation is 1. The summed E-state index contributed by atoms with van der Waals surface area (Å²) in [5.41, 5.74) is 3.18. The highest BCUT2D eigenvalue weighted by molar-refractivity contribution is 6.13. The first-order valence-corrected chi connectivity index (χ1v) is 40.1. The van der Waals surface area contributed by atoms with Crippen molar-refractivity contribution in [1.29, 1.82) is 0 Å². The standard InChI is InChI=1S/C81H116N10O29/c1-5-6-10-64-87-70-71(91(64)53-56-13-11-55(12-14-56)52-89(2)3)59-17-16-58(78(101)102)51-61(59)86-76(70)88-81(105)118-54-57-15-18-63(119-80-74(99)72(97)73(98)75(120-80)79(103)104)62(50-57)85-66(93)21-25-83-77(100)60(84-67(94)22-26-90-68(95)19-20-69(90)96)9-7-8-24-82-65(92)23-27-107-30-31-109-34-35-111-38-39-113-42-43-115-46-47-117-49-48-116-45-44-114-41-40-112-37-36-110-33-32-108-29-28-106-4/h11-20,50-51,60,72-75,80,97-99H,5-10,21-49,52-54H2,1-4H3,(H,82,92)(H,83,100)(H,84,94)(H,85,93)(H,101,102)(H,103,104)(H,86,88,105)/t60-,72-,73-,74+,75-,80+/m0/s1. The molecule has 2 aliphatic rings. The number of carbonyl (C=O) groups excluding carboxylic acids is 7. The summed E-state index contributed by atoms with van der Waals surface area (Å²) in [6.07, 6.45) is -6.90. The van der Waals surface area contributed by atoms with Crippen LogP contribution < -0.4 is 31.3 Å². The van der Waals surface area contributed by atoms with Crippen molar-refractivity contribution >= 4 is 86.9 Å². The number of methoxy groups -OCH3 is 1. The summed E-state index contributed by atoms with van der Waals surface area (Å²) in [6, 6.07) is 15.4. The Balaban J connectivity index is 0.823. The van der Waals surface area contributed by atoms with Crippen LogP contribution in [0, 0.1) is 0 Å². The van der Waals surface area contributed by atoms with Gasteiger partial charge in [0.15, 0.2) is 11.9 Å². The maximum atomic E-state index is 14.0. The molecule has 1 fully saturated rings. The highest BCUT2D eigenvalue weighted by atomic mass is 16.7. The van der Waals surface area contributed by atoms with Crippen molar-refractivity contribution < 1.29 is 140 Å². The first-order chi connectivity index (χ1) is 58.1. The number of hydrogen-bond acceptors (Lipinski definition) is 30. The van der Waals surface area contributed by atoms with Crippen LogP contribution in [0.25, 0.3) is 21.9 Å². The van der Waals surface area contributed by atoms with E-state index in [4.69, 9.17) is 81.0 Å². The van der Waals surface area contributed by atoms with Gasteiger partial charge in [0.2, 0.25) is 29.9 Å². The van der Waals surface area contributed by atoms with Crippen LogP contribution in [0.2, 0.25) is 0 Å². The third-order valence-corrected chi connectivity index (χ3v) is 18.2. The van der Waals surface area contributed by atoms with E-state index in [1.165, 1.54) is 30.3 Å². The number of benzene rings is 3. The number of ether oxygens (including phenoxy) is 15. The smallest absolute Gasteiger partial charge is 0.413 e. The fourth-order valence-corrected chi connectivity index (χ4v) is 12.0. The number of unbranched alkanes of at least 4 members (excludes halogenated alkanes) is 2. The lowest BCUT2D eigenvalue weighted by molar-refractivity contribution is -0.271. The number of aromatic carboxylic acids is 1. The number of fused-ring (bicyclic) bond motifs is 3. The van der Waals surface area contributed by atoms with E-state index in [9.17, 15) is 68.7 Å². The molecule has 10 N–H and O–H groups in total. The maximum absolute atomic E-state index is 14.0. The normalized spacial score (nSPS) is 16.2. The first kappa shape index (κ1) is 97.7. The topological polar surface area (TPSA) is 491 Å². The van der Waals surface area contributed by atoms with E-state index in [2.05, 4.69) is 31.5 Å². The molecule has 3 aromatic carbocycles. The summed E-state index contributed by atoms with van der Waals surface area (Å²) >= 11 is 0. The van der Waals surface area contributed by atoms with Crippen molar-refractivity contribution in [2.24, 2.45) is 0 Å². The first-order valence-electron chi connectivity index (χ1n) is 40.1. The Morgan fingerprint density at radius 3 is 1.66 bits per heavy atom. The molecule has 7 amide bonds. The summed E-state index contributed by atoms with van der Waals surface area (Å²) in [5.74, 6) is -6.18. The summed E-state index contributed by atoms with van der Waals surface area (Å²) in [7, 11) is 5.59. The number of carboxylic acids is 2. The molecule has 0 aliphatic carbocycles.